The summed E-state index contributed by atoms with van der Waals surface area (Å²) in [4.78, 5) is 23.1. The van der Waals surface area contributed by atoms with Crippen molar-refractivity contribution in [3.8, 4) is 28.6 Å². The molecule has 1 amide bonds. The number of morpholine rings is 1. The number of ether oxygens (including phenoxy) is 3. The average Bonchev–Trinajstić information content (AvgIpc) is 3.62. The largest absolute Gasteiger partial charge is 0.493 e. The number of carbonyl (C=O) groups excluding carboxylic acids is 1. The zero-order valence-electron chi connectivity index (χ0n) is 24.6. The van der Waals surface area contributed by atoms with E-state index in [0.29, 0.717) is 37.0 Å². The number of nitrogens with zero attached hydrogens (tertiary/aromatic N) is 7. The van der Waals surface area contributed by atoms with E-state index in [1.165, 1.54) is 5.56 Å². The highest BCUT2D eigenvalue weighted by Crippen LogP contribution is 2.34. The van der Waals surface area contributed by atoms with E-state index in [1.54, 1.807) is 7.11 Å². The van der Waals surface area contributed by atoms with E-state index in [1.807, 2.05) is 40.1 Å². The third kappa shape index (κ3) is 5.74. The van der Waals surface area contributed by atoms with E-state index >= 15 is 0 Å². The van der Waals surface area contributed by atoms with Gasteiger partial charge in [0.05, 0.1) is 26.9 Å². The van der Waals surface area contributed by atoms with Gasteiger partial charge in [-0.25, -0.2) is 4.98 Å². The predicted octanol–water partition coefficient (Wildman–Crippen LogP) is 3.73. The Labute approximate surface area is 251 Å². The second-order valence-electron chi connectivity index (χ2n) is 11.4. The number of imidazole rings is 1. The first-order valence-electron chi connectivity index (χ1n) is 15.2. The molecule has 2 aromatic heterocycles. The summed E-state index contributed by atoms with van der Waals surface area (Å²) in [5.41, 5.74) is 4.13. The predicted molar refractivity (Wildman–Crippen MR) is 159 cm³/mol. The van der Waals surface area contributed by atoms with Gasteiger partial charge in [0.1, 0.15) is 18.3 Å². The Morgan fingerprint density at radius 3 is 2.77 bits per heavy atom. The molecule has 2 aromatic carbocycles. The lowest BCUT2D eigenvalue weighted by Gasteiger charge is -2.27. The van der Waals surface area contributed by atoms with Crippen LogP contribution in [0.25, 0.3) is 17.1 Å². The van der Waals surface area contributed by atoms with Crippen molar-refractivity contribution in [1.82, 2.24) is 34.1 Å². The number of carbonyl (C=O) groups is 1. The first kappa shape index (κ1) is 27.6. The molecule has 0 atom stereocenters. The molecule has 11 nitrogen and oxygen atoms in total. The molecule has 0 aliphatic carbocycles. The third-order valence-electron chi connectivity index (χ3n) is 8.47. The quantitative estimate of drug-likeness (QED) is 0.359. The number of hydrogen-bond donors (Lipinski definition) is 0. The van der Waals surface area contributed by atoms with Gasteiger partial charge in [-0.15, -0.1) is 10.2 Å². The van der Waals surface area contributed by atoms with Gasteiger partial charge in [0.25, 0.3) is 5.91 Å². The molecule has 4 bridgehead atoms. The van der Waals surface area contributed by atoms with Crippen molar-refractivity contribution in [2.75, 3.05) is 46.6 Å². The number of methoxy groups -OCH3 is 1. The van der Waals surface area contributed by atoms with Crippen LogP contribution in [0.5, 0.6) is 11.5 Å². The minimum Gasteiger partial charge on any atom is -0.493 e. The Balaban J connectivity index is 1.31. The minimum absolute atomic E-state index is 0.136. The van der Waals surface area contributed by atoms with Gasteiger partial charge >= 0.3 is 0 Å². The van der Waals surface area contributed by atoms with Crippen molar-refractivity contribution >= 4 is 5.91 Å². The minimum atomic E-state index is -0.136. The van der Waals surface area contributed by atoms with Gasteiger partial charge in [0.15, 0.2) is 11.5 Å². The van der Waals surface area contributed by atoms with Crippen molar-refractivity contribution < 1.29 is 19.0 Å². The van der Waals surface area contributed by atoms with Crippen LogP contribution >= 0.6 is 0 Å². The van der Waals surface area contributed by atoms with Crippen molar-refractivity contribution in [2.24, 2.45) is 0 Å². The topological polar surface area (TPSA) is 99.8 Å². The first-order chi connectivity index (χ1) is 21.2. The van der Waals surface area contributed by atoms with Crippen LogP contribution in [0.1, 0.15) is 46.8 Å². The number of amides is 1. The fourth-order valence-corrected chi connectivity index (χ4v) is 6.26. The van der Waals surface area contributed by atoms with Crippen LogP contribution in [-0.2, 0) is 30.8 Å². The molecular weight excluding hydrogens is 546 g/mol. The number of benzene rings is 2. The molecule has 1 fully saturated rings. The standard InChI is InChI=1S/C32H37N7O4/c1-41-27-7-6-25-20-28(27)43-16-13-37(32(40)31-35-34-29-5-3-2-4-9-39(29)31)22-24-17-23(21-36-11-14-42-15-12-36)18-26(19-24)38-10-8-33-30(25)38/h6-8,10,17-20H,2-5,9,11-16,21-22H2,1H3. The Kier molecular flexibility index (Phi) is 7.82. The highest BCUT2D eigenvalue weighted by Gasteiger charge is 2.26. The number of hydrogen-bond acceptors (Lipinski definition) is 8. The second kappa shape index (κ2) is 12.2. The summed E-state index contributed by atoms with van der Waals surface area (Å²) in [6.45, 7) is 5.91. The number of rotatable bonds is 4. The first-order valence-corrected chi connectivity index (χ1v) is 15.2. The van der Waals surface area contributed by atoms with Gasteiger partial charge in [-0.3, -0.25) is 14.3 Å². The van der Waals surface area contributed by atoms with Crippen LogP contribution in [-0.4, -0.2) is 86.6 Å². The summed E-state index contributed by atoms with van der Waals surface area (Å²) in [5.74, 6) is 3.21. The summed E-state index contributed by atoms with van der Waals surface area (Å²) in [6.07, 6.45) is 7.85. The molecule has 0 unspecified atom stereocenters. The van der Waals surface area contributed by atoms with Gasteiger partial charge < -0.3 is 23.7 Å². The fourth-order valence-electron chi connectivity index (χ4n) is 6.26. The van der Waals surface area contributed by atoms with Crippen LogP contribution in [0.2, 0.25) is 0 Å². The molecule has 7 rings (SSSR count). The maximum absolute atomic E-state index is 14.2. The maximum atomic E-state index is 14.2. The molecular formula is C32H37N7O4. The van der Waals surface area contributed by atoms with Crippen LogP contribution in [0, 0.1) is 0 Å². The Hall–Kier alpha value is -4.22. The van der Waals surface area contributed by atoms with Crippen molar-refractivity contribution in [2.45, 2.75) is 45.3 Å². The second-order valence-corrected chi connectivity index (χ2v) is 11.4. The molecule has 0 saturated carbocycles. The van der Waals surface area contributed by atoms with Gasteiger partial charge in [-0.05, 0) is 54.3 Å². The molecule has 0 spiro atoms. The van der Waals surface area contributed by atoms with Crippen LogP contribution in [0.4, 0.5) is 0 Å². The third-order valence-corrected chi connectivity index (χ3v) is 8.47. The Morgan fingerprint density at radius 2 is 1.88 bits per heavy atom. The monoisotopic (exact) mass is 583 g/mol. The van der Waals surface area contributed by atoms with Gasteiger partial charge in [0.2, 0.25) is 5.82 Å². The fraction of sp³-hybridized carbons (Fsp3) is 0.438. The van der Waals surface area contributed by atoms with E-state index in [2.05, 4.69) is 37.9 Å². The molecule has 5 heterocycles. The van der Waals surface area contributed by atoms with E-state index in [0.717, 1.165) is 93.5 Å². The molecule has 3 aliphatic rings. The summed E-state index contributed by atoms with van der Waals surface area (Å²) < 4.78 is 21.6. The van der Waals surface area contributed by atoms with Gasteiger partial charge in [-0.1, -0.05) is 12.5 Å². The molecule has 1 saturated heterocycles. The summed E-state index contributed by atoms with van der Waals surface area (Å²) >= 11 is 0. The van der Waals surface area contributed by atoms with Crippen LogP contribution < -0.4 is 9.47 Å². The smallest absolute Gasteiger partial charge is 0.292 e. The van der Waals surface area contributed by atoms with Gasteiger partial charge in [0, 0.05) is 62.8 Å². The normalized spacial score (nSPS) is 17.4. The van der Waals surface area contributed by atoms with Crippen LogP contribution in [0.3, 0.4) is 0 Å². The van der Waals surface area contributed by atoms with Gasteiger partial charge in [-0.2, -0.15) is 0 Å². The summed E-state index contributed by atoms with van der Waals surface area (Å²) in [7, 11) is 1.63. The summed E-state index contributed by atoms with van der Waals surface area (Å²) in [5, 5.41) is 8.79. The van der Waals surface area contributed by atoms with Crippen molar-refractivity contribution in [1.29, 1.82) is 0 Å². The lowest BCUT2D eigenvalue weighted by molar-refractivity contribution is 0.0341. The Morgan fingerprint density at radius 1 is 0.977 bits per heavy atom. The maximum Gasteiger partial charge on any atom is 0.292 e. The number of fused-ring (bicyclic) bond motifs is 8. The van der Waals surface area contributed by atoms with E-state index in [9.17, 15) is 4.79 Å². The highest BCUT2D eigenvalue weighted by atomic mass is 16.5. The van der Waals surface area contributed by atoms with E-state index in [4.69, 9.17) is 19.2 Å². The molecule has 224 valence electrons. The van der Waals surface area contributed by atoms with E-state index < -0.39 is 0 Å². The average molecular weight is 584 g/mol. The molecule has 11 heteroatoms. The zero-order chi connectivity index (χ0) is 29.2. The zero-order valence-corrected chi connectivity index (χ0v) is 24.6. The SMILES string of the molecule is COc1ccc2cc1OCCN(C(=O)c1nnc3n1CCCCC3)Cc1cc(CN3CCOCC3)cc(c1)-n1ccnc1-2. The molecule has 4 aromatic rings. The summed E-state index contributed by atoms with van der Waals surface area (Å²) in [6, 6.07) is 12.4. The number of aryl methyl sites for hydroxylation is 1. The van der Waals surface area contributed by atoms with Crippen molar-refractivity contribution in [3.63, 3.8) is 0 Å². The lowest BCUT2D eigenvalue weighted by Crippen LogP contribution is -2.36. The molecule has 3 aliphatic heterocycles. The molecule has 43 heavy (non-hydrogen) atoms. The Bertz CT molecular complexity index is 1610. The van der Waals surface area contributed by atoms with E-state index in [-0.39, 0.29) is 5.91 Å². The van der Waals surface area contributed by atoms with Crippen molar-refractivity contribution in [3.05, 3.63) is 71.6 Å². The number of aromatic nitrogens is 5. The lowest BCUT2D eigenvalue weighted by atomic mass is 10.1. The van der Waals surface area contributed by atoms with Crippen LogP contribution in [0.15, 0.2) is 48.8 Å². The molecule has 0 radical (unpaired) electrons. The highest BCUT2D eigenvalue weighted by molar-refractivity contribution is 5.90. The molecule has 0 N–H and O–H groups in total.